The van der Waals surface area contributed by atoms with E-state index in [1.807, 2.05) is 42.5 Å². The molecule has 3 aromatic carbocycles. The number of hydrogen-bond donors (Lipinski definition) is 0. The molecule has 34 heavy (non-hydrogen) atoms. The summed E-state index contributed by atoms with van der Waals surface area (Å²) in [5.74, 6) is 0.307. The van der Waals surface area contributed by atoms with Crippen LogP contribution in [0.1, 0.15) is 35.6 Å². The second-order valence-electron chi connectivity index (χ2n) is 8.91. The third-order valence-electron chi connectivity index (χ3n) is 7.01. The van der Waals surface area contributed by atoms with E-state index < -0.39 is 5.41 Å². The maximum absolute atomic E-state index is 13.9. The zero-order valence-electron chi connectivity index (χ0n) is 20.0. The number of fused-ring (bicyclic) bond motifs is 1. The third kappa shape index (κ3) is 4.52. The van der Waals surface area contributed by atoms with Gasteiger partial charge in [-0.05, 0) is 67.7 Å². The number of likely N-dealkylation sites (tertiary alicyclic amines) is 1. The molecule has 1 atom stereocenters. The van der Waals surface area contributed by atoms with Crippen molar-refractivity contribution in [3.63, 3.8) is 0 Å². The molecule has 0 amide bonds. The first kappa shape index (κ1) is 24.2. The van der Waals surface area contributed by atoms with E-state index in [2.05, 4.69) is 18.0 Å². The van der Waals surface area contributed by atoms with Crippen molar-refractivity contribution in [1.82, 2.24) is 4.90 Å². The summed E-state index contributed by atoms with van der Waals surface area (Å²) in [5, 5.41) is 11.8. The van der Waals surface area contributed by atoms with E-state index >= 15 is 0 Å². The molecule has 4 rings (SSSR count). The zero-order chi connectivity index (χ0) is 24.1. The lowest BCUT2D eigenvalue weighted by Crippen LogP contribution is -2.45. The molecule has 0 radical (unpaired) electrons. The van der Waals surface area contributed by atoms with Gasteiger partial charge in [0.2, 0.25) is 0 Å². The first-order chi connectivity index (χ1) is 16.5. The zero-order valence-corrected chi connectivity index (χ0v) is 20.0. The fraction of sp³-hybridized carbons (Fsp3) is 0.393. The topological polar surface area (TPSA) is 54.7 Å². The van der Waals surface area contributed by atoms with E-state index in [-0.39, 0.29) is 11.9 Å². The standard InChI is InChI=1S/C28H31FN2O3/c1-31-14-12-28(13-15-31,21-8-10-22(29)11-9-21)27(34-17-16-32-2)25-18-20(19-30)26(33-3)24-7-5-4-6-23(24)25/h4-11,18,27H,12-17H2,1-3H3. The minimum absolute atomic E-state index is 0.259. The van der Waals surface area contributed by atoms with Crippen molar-refractivity contribution < 1.29 is 18.6 Å². The molecule has 0 bridgehead atoms. The van der Waals surface area contributed by atoms with Gasteiger partial charge in [-0.25, -0.2) is 4.39 Å². The maximum Gasteiger partial charge on any atom is 0.144 e. The number of hydrogen-bond acceptors (Lipinski definition) is 5. The Balaban J connectivity index is 1.96. The molecular weight excluding hydrogens is 431 g/mol. The highest BCUT2D eigenvalue weighted by molar-refractivity contribution is 5.93. The van der Waals surface area contributed by atoms with E-state index in [0.717, 1.165) is 47.8 Å². The molecule has 1 saturated heterocycles. The summed E-state index contributed by atoms with van der Waals surface area (Å²) in [7, 11) is 5.36. The molecule has 1 heterocycles. The Morgan fingerprint density at radius 1 is 1.03 bits per heavy atom. The summed E-state index contributed by atoms with van der Waals surface area (Å²) < 4.78 is 31.5. The number of nitriles is 1. The van der Waals surface area contributed by atoms with Crippen LogP contribution in [0.15, 0.2) is 54.6 Å². The second-order valence-corrected chi connectivity index (χ2v) is 8.91. The molecule has 1 aliphatic rings. The molecule has 0 spiro atoms. The summed E-state index contributed by atoms with van der Waals surface area (Å²) in [5.41, 5.74) is 2.07. The van der Waals surface area contributed by atoms with Gasteiger partial charge in [-0.3, -0.25) is 0 Å². The van der Waals surface area contributed by atoms with Crippen molar-refractivity contribution in [3.05, 3.63) is 77.1 Å². The van der Waals surface area contributed by atoms with Crippen molar-refractivity contribution in [2.45, 2.75) is 24.4 Å². The Kier molecular flexibility index (Phi) is 7.47. The highest BCUT2D eigenvalue weighted by Crippen LogP contribution is 2.50. The van der Waals surface area contributed by atoms with Crippen LogP contribution in [-0.2, 0) is 14.9 Å². The molecule has 3 aromatic rings. The van der Waals surface area contributed by atoms with E-state index in [1.165, 1.54) is 12.1 Å². The summed E-state index contributed by atoms with van der Waals surface area (Å²) in [6.07, 6.45) is 1.33. The second kappa shape index (κ2) is 10.5. The molecular formula is C28H31FN2O3. The molecule has 0 aliphatic carbocycles. The van der Waals surface area contributed by atoms with E-state index in [9.17, 15) is 9.65 Å². The number of methoxy groups -OCH3 is 2. The lowest BCUT2D eigenvalue weighted by Gasteiger charge is -2.46. The van der Waals surface area contributed by atoms with Gasteiger partial charge >= 0.3 is 0 Å². The number of benzene rings is 3. The van der Waals surface area contributed by atoms with Crippen LogP contribution < -0.4 is 4.74 Å². The Hall–Kier alpha value is -2.98. The van der Waals surface area contributed by atoms with Gasteiger partial charge in [0.25, 0.3) is 0 Å². The number of halogens is 1. The molecule has 1 unspecified atom stereocenters. The lowest BCUT2D eigenvalue weighted by atomic mass is 9.66. The van der Waals surface area contributed by atoms with Crippen molar-refractivity contribution in [2.75, 3.05) is 47.6 Å². The average Bonchev–Trinajstić information content (AvgIpc) is 2.87. The van der Waals surface area contributed by atoms with Gasteiger partial charge in [0.05, 0.1) is 32.0 Å². The molecule has 0 aromatic heterocycles. The van der Waals surface area contributed by atoms with Gasteiger partial charge in [0, 0.05) is 17.9 Å². The summed E-state index contributed by atoms with van der Waals surface area (Å²) in [4.78, 5) is 2.31. The SMILES string of the molecule is COCCOC(c1cc(C#N)c(OC)c2ccccc12)C1(c2ccc(F)cc2)CCN(C)CC1. The van der Waals surface area contributed by atoms with Gasteiger partial charge in [0.15, 0.2) is 0 Å². The van der Waals surface area contributed by atoms with E-state index in [1.54, 1.807) is 14.2 Å². The number of ether oxygens (including phenoxy) is 3. The van der Waals surface area contributed by atoms with Gasteiger partial charge in [-0.15, -0.1) is 0 Å². The van der Waals surface area contributed by atoms with Crippen LogP contribution >= 0.6 is 0 Å². The Bertz CT molecular complexity index is 1160. The predicted octanol–water partition coefficient (Wildman–Crippen LogP) is 5.23. The Morgan fingerprint density at radius 2 is 1.71 bits per heavy atom. The van der Waals surface area contributed by atoms with Crippen LogP contribution in [0.5, 0.6) is 5.75 Å². The minimum atomic E-state index is -0.391. The van der Waals surface area contributed by atoms with Crippen LogP contribution in [0.4, 0.5) is 4.39 Å². The van der Waals surface area contributed by atoms with Crippen LogP contribution in [0, 0.1) is 17.1 Å². The molecule has 1 aliphatic heterocycles. The molecule has 0 saturated carbocycles. The Labute approximate surface area is 200 Å². The quantitative estimate of drug-likeness (QED) is 0.429. The highest BCUT2D eigenvalue weighted by atomic mass is 19.1. The van der Waals surface area contributed by atoms with Crippen LogP contribution in [0.25, 0.3) is 10.8 Å². The normalized spacial score (nSPS) is 16.8. The van der Waals surface area contributed by atoms with Gasteiger partial charge < -0.3 is 19.1 Å². The molecule has 0 N–H and O–H groups in total. The van der Waals surface area contributed by atoms with Crippen molar-refractivity contribution in [2.24, 2.45) is 0 Å². The average molecular weight is 463 g/mol. The highest BCUT2D eigenvalue weighted by Gasteiger charge is 2.45. The van der Waals surface area contributed by atoms with Crippen molar-refractivity contribution >= 4 is 10.8 Å². The van der Waals surface area contributed by atoms with Crippen LogP contribution in [0.3, 0.4) is 0 Å². The van der Waals surface area contributed by atoms with Crippen molar-refractivity contribution in [1.29, 1.82) is 5.26 Å². The fourth-order valence-corrected chi connectivity index (χ4v) is 5.19. The lowest BCUT2D eigenvalue weighted by molar-refractivity contribution is -0.0456. The first-order valence-corrected chi connectivity index (χ1v) is 11.6. The fourth-order valence-electron chi connectivity index (χ4n) is 5.19. The van der Waals surface area contributed by atoms with Crippen LogP contribution in [0.2, 0.25) is 0 Å². The number of piperidine rings is 1. The van der Waals surface area contributed by atoms with Gasteiger partial charge in [0.1, 0.15) is 17.6 Å². The summed E-state index contributed by atoms with van der Waals surface area (Å²) in [6, 6.07) is 19.0. The van der Waals surface area contributed by atoms with Gasteiger partial charge in [-0.1, -0.05) is 36.4 Å². The summed E-state index contributed by atoms with van der Waals surface area (Å²) >= 11 is 0. The largest absolute Gasteiger partial charge is 0.495 e. The number of nitrogens with zero attached hydrogens (tertiary/aromatic N) is 2. The van der Waals surface area contributed by atoms with E-state index in [0.29, 0.717) is 24.5 Å². The number of rotatable bonds is 8. The predicted molar refractivity (Wildman–Crippen MR) is 131 cm³/mol. The van der Waals surface area contributed by atoms with Crippen molar-refractivity contribution in [3.8, 4) is 11.8 Å². The first-order valence-electron chi connectivity index (χ1n) is 11.6. The van der Waals surface area contributed by atoms with Crippen LogP contribution in [-0.4, -0.2) is 52.5 Å². The monoisotopic (exact) mass is 462 g/mol. The maximum atomic E-state index is 13.9. The third-order valence-corrected chi connectivity index (χ3v) is 7.01. The smallest absolute Gasteiger partial charge is 0.144 e. The molecule has 6 heteroatoms. The Morgan fingerprint density at radius 3 is 2.32 bits per heavy atom. The van der Waals surface area contributed by atoms with E-state index in [4.69, 9.17) is 14.2 Å². The molecule has 178 valence electrons. The minimum Gasteiger partial charge on any atom is -0.495 e. The molecule has 1 fully saturated rings. The summed E-state index contributed by atoms with van der Waals surface area (Å²) in [6.45, 7) is 2.64. The van der Waals surface area contributed by atoms with Gasteiger partial charge in [-0.2, -0.15) is 5.26 Å². The molecule has 5 nitrogen and oxygen atoms in total.